The lowest BCUT2D eigenvalue weighted by molar-refractivity contribution is 0.123. The Labute approximate surface area is 241 Å². The molecular weight excluding hydrogens is 539 g/mol. The molecule has 4 heterocycles. The number of aliphatic hydroxyl groups excluding tert-OH is 1. The summed E-state index contributed by atoms with van der Waals surface area (Å²) < 4.78 is 7.12. The van der Waals surface area contributed by atoms with Crippen LogP contribution in [-0.4, -0.2) is 33.8 Å². The quantitative estimate of drug-likeness (QED) is 0.219. The zero-order valence-electron chi connectivity index (χ0n) is 22.7. The van der Waals surface area contributed by atoms with Crippen molar-refractivity contribution in [2.24, 2.45) is 0 Å². The van der Waals surface area contributed by atoms with Crippen molar-refractivity contribution in [1.82, 2.24) is 10.3 Å². The van der Waals surface area contributed by atoms with Gasteiger partial charge in [-0.25, -0.2) is 9.78 Å². The first-order valence-corrected chi connectivity index (χ1v) is 15.6. The summed E-state index contributed by atoms with van der Waals surface area (Å²) in [5.41, 5.74) is 6.15. The second-order valence-electron chi connectivity index (χ2n) is 11.1. The van der Waals surface area contributed by atoms with Crippen LogP contribution in [0.1, 0.15) is 50.5 Å². The molecular formula is C32H31N3O3S2. The van der Waals surface area contributed by atoms with E-state index in [4.69, 9.17) is 9.40 Å². The molecule has 2 aliphatic heterocycles. The first-order valence-electron chi connectivity index (χ1n) is 13.8. The van der Waals surface area contributed by atoms with Crippen molar-refractivity contribution in [2.75, 3.05) is 23.7 Å². The van der Waals surface area contributed by atoms with Gasteiger partial charge in [0.05, 0.1) is 15.1 Å². The Morgan fingerprint density at radius 3 is 2.73 bits per heavy atom. The van der Waals surface area contributed by atoms with E-state index < -0.39 is 11.9 Å². The van der Waals surface area contributed by atoms with Gasteiger partial charge in [0.25, 0.3) is 0 Å². The average molecular weight is 570 g/mol. The fraction of sp³-hybridized carbons (Fsp3) is 0.312. The third kappa shape index (κ3) is 4.25. The molecule has 204 valence electrons. The van der Waals surface area contributed by atoms with Gasteiger partial charge in [0.15, 0.2) is 0 Å². The van der Waals surface area contributed by atoms with Gasteiger partial charge in [-0.2, -0.15) is 0 Å². The largest absolute Gasteiger partial charge is 0.422 e. The van der Waals surface area contributed by atoms with Crippen molar-refractivity contribution in [3.8, 4) is 21.7 Å². The minimum absolute atomic E-state index is 0.339. The molecule has 0 saturated carbocycles. The van der Waals surface area contributed by atoms with Crippen LogP contribution in [0, 0.1) is 0 Å². The number of fused-ring (bicyclic) bond motifs is 3. The topological polar surface area (TPSA) is 78.6 Å². The number of aromatic nitrogens is 1. The molecule has 2 aromatic heterocycles. The lowest BCUT2D eigenvalue weighted by atomic mass is 9.87. The number of aliphatic hydroxyl groups is 1. The molecule has 0 aliphatic carbocycles. The highest BCUT2D eigenvalue weighted by atomic mass is 32.2. The minimum Gasteiger partial charge on any atom is -0.422 e. The first-order chi connectivity index (χ1) is 19.3. The van der Waals surface area contributed by atoms with E-state index in [1.807, 2.05) is 60.3 Å². The van der Waals surface area contributed by atoms with Crippen LogP contribution >= 0.6 is 23.1 Å². The molecule has 0 fully saturated rings. The van der Waals surface area contributed by atoms with Crippen LogP contribution in [0.3, 0.4) is 0 Å². The molecule has 2 bridgehead atoms. The molecule has 5 aromatic rings. The number of benzene rings is 3. The van der Waals surface area contributed by atoms with Crippen LogP contribution in [0.2, 0.25) is 0 Å². The van der Waals surface area contributed by atoms with Gasteiger partial charge in [0.2, 0.25) is 0 Å². The number of rotatable bonds is 2. The predicted octanol–water partition coefficient (Wildman–Crippen LogP) is 7.11. The SMILES string of the molecule is CCN1CCC2CSC(C)(C)NC(O)c3ccccc3-c3c(-c4nc5ccccc5s4)c(=O)oc4cc1c2cc34. The van der Waals surface area contributed by atoms with E-state index in [-0.39, 0.29) is 4.87 Å². The highest BCUT2D eigenvalue weighted by molar-refractivity contribution is 8.00. The van der Waals surface area contributed by atoms with Crippen LogP contribution in [-0.2, 0) is 0 Å². The van der Waals surface area contributed by atoms with Crippen molar-refractivity contribution in [1.29, 1.82) is 0 Å². The molecule has 3 aromatic carbocycles. The monoisotopic (exact) mass is 569 g/mol. The highest BCUT2D eigenvalue weighted by Gasteiger charge is 2.33. The Morgan fingerprint density at radius 2 is 1.90 bits per heavy atom. The van der Waals surface area contributed by atoms with Gasteiger partial charge in [0.1, 0.15) is 22.4 Å². The van der Waals surface area contributed by atoms with Crippen molar-refractivity contribution in [3.05, 3.63) is 82.2 Å². The Morgan fingerprint density at radius 1 is 1.10 bits per heavy atom. The number of para-hydroxylation sites is 1. The predicted molar refractivity (Wildman–Crippen MR) is 166 cm³/mol. The van der Waals surface area contributed by atoms with Crippen LogP contribution in [0.25, 0.3) is 42.9 Å². The molecule has 0 radical (unpaired) electrons. The molecule has 2 atom stereocenters. The summed E-state index contributed by atoms with van der Waals surface area (Å²) >= 11 is 3.33. The molecule has 6 nitrogen and oxygen atoms in total. The third-order valence-electron chi connectivity index (χ3n) is 8.13. The number of anilines is 1. The Balaban J connectivity index is 1.62. The molecule has 7 rings (SSSR count). The summed E-state index contributed by atoms with van der Waals surface area (Å²) in [7, 11) is 0. The standard InChI is InChI=1S/C32H31N3O3S2/c1-4-35-14-13-18-17-39-32(2,3)34-29(36)20-10-6-5-9-19(20)27-22-15-21(18)24(35)16-25(22)38-31(37)28(27)30-33-23-11-7-8-12-26(23)40-30/h5-12,15-16,18,29,34,36H,4,13-14,17H2,1-3H3. The number of thioether (sulfide) groups is 1. The zero-order valence-corrected chi connectivity index (χ0v) is 24.4. The number of hydrogen-bond acceptors (Lipinski definition) is 8. The second-order valence-corrected chi connectivity index (χ2v) is 13.7. The molecule has 0 amide bonds. The zero-order chi connectivity index (χ0) is 27.6. The molecule has 2 aliphatic rings. The number of hydrogen-bond donors (Lipinski definition) is 2. The summed E-state index contributed by atoms with van der Waals surface area (Å²) in [5, 5.41) is 16.5. The fourth-order valence-corrected chi connectivity index (χ4v) is 8.28. The lowest BCUT2D eigenvalue weighted by Crippen LogP contribution is -2.40. The molecule has 2 N–H and O–H groups in total. The van der Waals surface area contributed by atoms with Crippen molar-refractivity contribution in [3.63, 3.8) is 0 Å². The van der Waals surface area contributed by atoms with Gasteiger partial charge in [-0.15, -0.1) is 23.1 Å². The maximum absolute atomic E-state index is 13.9. The van der Waals surface area contributed by atoms with E-state index in [0.717, 1.165) is 63.2 Å². The Kier molecular flexibility index (Phi) is 6.27. The first kappa shape index (κ1) is 25.8. The molecule has 0 saturated heterocycles. The summed E-state index contributed by atoms with van der Waals surface area (Å²) in [5.74, 6) is 1.26. The molecule has 40 heavy (non-hydrogen) atoms. The van der Waals surface area contributed by atoms with E-state index in [2.05, 4.69) is 43.1 Å². The van der Waals surface area contributed by atoms with E-state index in [1.165, 1.54) is 16.9 Å². The number of nitrogens with one attached hydrogen (secondary N) is 1. The number of thiazole rings is 1. The Hall–Kier alpha value is -3.17. The third-order valence-corrected chi connectivity index (χ3v) is 10.6. The smallest absolute Gasteiger partial charge is 0.347 e. The van der Waals surface area contributed by atoms with Gasteiger partial charge in [-0.3, -0.25) is 5.32 Å². The van der Waals surface area contributed by atoms with Gasteiger partial charge in [-0.05, 0) is 62.4 Å². The molecule has 8 heteroatoms. The van der Waals surface area contributed by atoms with Crippen molar-refractivity contribution < 1.29 is 9.52 Å². The van der Waals surface area contributed by atoms with Crippen molar-refractivity contribution >= 4 is 50.0 Å². The van der Waals surface area contributed by atoms with E-state index in [9.17, 15) is 9.90 Å². The van der Waals surface area contributed by atoms with Crippen LogP contribution < -0.4 is 15.8 Å². The summed E-state index contributed by atoms with van der Waals surface area (Å²) in [6, 6.07) is 20.0. The summed E-state index contributed by atoms with van der Waals surface area (Å²) in [4.78, 5) is 20.8. The molecule has 2 unspecified atom stereocenters. The van der Waals surface area contributed by atoms with Gasteiger partial charge in [-0.1, -0.05) is 36.4 Å². The van der Waals surface area contributed by atoms with Crippen LogP contribution in [0.5, 0.6) is 0 Å². The summed E-state index contributed by atoms with van der Waals surface area (Å²) in [6.45, 7) is 8.26. The van der Waals surface area contributed by atoms with Crippen LogP contribution in [0.4, 0.5) is 5.69 Å². The van der Waals surface area contributed by atoms with E-state index in [0.29, 0.717) is 22.1 Å². The van der Waals surface area contributed by atoms with Gasteiger partial charge in [0, 0.05) is 47.1 Å². The highest BCUT2D eigenvalue weighted by Crippen LogP contribution is 2.47. The minimum atomic E-state index is -0.927. The number of nitrogens with zero attached hydrogens (tertiary/aromatic N) is 2. The maximum atomic E-state index is 13.9. The van der Waals surface area contributed by atoms with Crippen molar-refractivity contribution in [2.45, 2.75) is 44.2 Å². The normalized spacial score (nSPS) is 20.4. The fourth-order valence-electron chi connectivity index (χ4n) is 6.12. The second kappa shape index (κ2) is 9.73. The van der Waals surface area contributed by atoms with Crippen LogP contribution in [0.15, 0.2) is 69.9 Å². The lowest BCUT2D eigenvalue weighted by Gasteiger charge is -2.38. The average Bonchev–Trinajstić information content (AvgIpc) is 3.37. The molecule has 0 spiro atoms. The summed E-state index contributed by atoms with van der Waals surface area (Å²) in [6.07, 6.45) is 0.120. The van der Waals surface area contributed by atoms with E-state index >= 15 is 0 Å². The maximum Gasteiger partial charge on any atom is 0.347 e. The van der Waals surface area contributed by atoms with Gasteiger partial charge >= 0.3 is 5.63 Å². The Bertz CT molecular complexity index is 1790. The van der Waals surface area contributed by atoms with Gasteiger partial charge < -0.3 is 14.4 Å². The van der Waals surface area contributed by atoms with E-state index in [1.54, 1.807) is 0 Å².